The van der Waals surface area contributed by atoms with Gasteiger partial charge < -0.3 is 0 Å². The van der Waals surface area contributed by atoms with Crippen LogP contribution in [0, 0.1) is 6.92 Å². The molecular formula is C28H30BrN5OS. The molecule has 1 aliphatic rings. The minimum absolute atomic E-state index is 0.137. The fourth-order valence-corrected chi connectivity index (χ4v) is 5.98. The third-order valence-corrected chi connectivity index (χ3v) is 8.25. The molecule has 4 aromatic rings. The number of hydrogen-bond donors (Lipinski definition) is 0. The molecule has 0 bridgehead atoms. The zero-order valence-electron chi connectivity index (χ0n) is 20.7. The van der Waals surface area contributed by atoms with Gasteiger partial charge >= 0.3 is 0 Å². The fraction of sp³-hybridized carbons (Fsp3) is 0.321. The lowest BCUT2D eigenvalue weighted by Crippen LogP contribution is -2.20. The summed E-state index contributed by atoms with van der Waals surface area (Å²) in [5.74, 6) is 0. The predicted molar refractivity (Wildman–Crippen MR) is 152 cm³/mol. The van der Waals surface area contributed by atoms with Crippen molar-refractivity contribution in [3.63, 3.8) is 0 Å². The molecule has 0 N–H and O–H groups in total. The Bertz CT molecular complexity index is 1510. The van der Waals surface area contributed by atoms with Gasteiger partial charge in [0.05, 0.1) is 17.1 Å². The molecule has 1 saturated carbocycles. The number of para-hydroxylation sites is 1. The fourth-order valence-electron chi connectivity index (χ4n) is 4.66. The monoisotopic (exact) mass is 563 g/mol. The second-order valence-corrected chi connectivity index (χ2v) is 10.8. The van der Waals surface area contributed by atoms with Gasteiger partial charge in [0, 0.05) is 28.2 Å². The van der Waals surface area contributed by atoms with Gasteiger partial charge in [-0.15, -0.1) is 11.3 Å². The predicted octanol–water partition coefficient (Wildman–Crippen LogP) is 6.96. The number of hydrogen-bond acceptors (Lipinski definition) is 4. The molecule has 0 atom stereocenters. The van der Waals surface area contributed by atoms with E-state index in [-0.39, 0.29) is 5.56 Å². The lowest BCUT2D eigenvalue weighted by molar-refractivity contribution is 0.602. The van der Waals surface area contributed by atoms with E-state index in [0.717, 1.165) is 40.0 Å². The van der Waals surface area contributed by atoms with Crippen LogP contribution in [0.2, 0.25) is 0 Å². The van der Waals surface area contributed by atoms with Crippen LogP contribution < -0.4 is 10.4 Å². The molecule has 36 heavy (non-hydrogen) atoms. The summed E-state index contributed by atoms with van der Waals surface area (Å²) >= 11 is 5.22. The minimum atomic E-state index is -0.137. The Morgan fingerprint density at radius 2 is 1.58 bits per heavy atom. The summed E-state index contributed by atoms with van der Waals surface area (Å²) in [7, 11) is 1.90. The molecule has 0 unspecified atom stereocenters. The summed E-state index contributed by atoms with van der Waals surface area (Å²) in [6.45, 7) is 1.94. The third kappa shape index (κ3) is 4.97. The van der Waals surface area contributed by atoms with Crippen LogP contribution in [0.5, 0.6) is 0 Å². The van der Waals surface area contributed by atoms with Gasteiger partial charge in [-0.05, 0) is 50.8 Å². The van der Waals surface area contributed by atoms with Gasteiger partial charge in [0.15, 0.2) is 5.69 Å². The highest BCUT2D eigenvalue weighted by molar-refractivity contribution is 9.10. The lowest BCUT2D eigenvalue weighted by atomic mass is 9.99. The van der Waals surface area contributed by atoms with Crippen LogP contribution in [-0.2, 0) is 7.05 Å². The highest BCUT2D eigenvalue weighted by Crippen LogP contribution is 2.29. The molecule has 2 aromatic heterocycles. The van der Waals surface area contributed by atoms with E-state index in [9.17, 15) is 4.79 Å². The summed E-state index contributed by atoms with van der Waals surface area (Å²) in [4.78, 5) is 19.2. The van der Waals surface area contributed by atoms with Crippen molar-refractivity contribution in [2.75, 3.05) is 0 Å². The van der Waals surface area contributed by atoms with Crippen molar-refractivity contribution >= 4 is 38.7 Å². The van der Waals surface area contributed by atoms with Gasteiger partial charge in [-0.1, -0.05) is 71.6 Å². The molecular weight excluding hydrogens is 534 g/mol. The standard InChI is InChI=1S/C28H30BrN5OS/c1-20-26(27(35)34(32(20)2)22-15-9-6-10-16-22)30-28-33(31-21-13-7-4-3-5-8-14-21)25(19-36-28)23-17-11-12-18-24(23)29/h6,9-12,15-19H,3-5,7-8,13-14H2,1-2H3. The Labute approximate surface area is 223 Å². The molecule has 0 spiro atoms. The van der Waals surface area contributed by atoms with Crippen molar-refractivity contribution in [2.45, 2.75) is 51.9 Å². The molecule has 2 heterocycles. The molecule has 0 amide bonds. The molecule has 2 aromatic carbocycles. The summed E-state index contributed by atoms with van der Waals surface area (Å²) in [6, 6.07) is 17.8. The zero-order chi connectivity index (χ0) is 25.1. The van der Waals surface area contributed by atoms with E-state index in [1.54, 1.807) is 4.68 Å². The van der Waals surface area contributed by atoms with Crippen LogP contribution in [0.3, 0.4) is 0 Å². The Balaban J connectivity index is 1.70. The van der Waals surface area contributed by atoms with Gasteiger partial charge in [0.1, 0.15) is 0 Å². The molecule has 1 aliphatic carbocycles. The first kappa shape index (κ1) is 24.7. The second kappa shape index (κ2) is 11.0. The number of aromatic nitrogens is 3. The lowest BCUT2D eigenvalue weighted by Gasteiger charge is -2.12. The first-order valence-electron chi connectivity index (χ1n) is 12.5. The van der Waals surface area contributed by atoms with Crippen LogP contribution in [0.25, 0.3) is 16.9 Å². The van der Waals surface area contributed by atoms with Gasteiger partial charge in [-0.2, -0.15) is 5.10 Å². The smallest absolute Gasteiger partial charge is 0.283 e. The van der Waals surface area contributed by atoms with Crippen LogP contribution in [0.15, 0.2) is 79.3 Å². The molecule has 0 radical (unpaired) electrons. The molecule has 8 heteroatoms. The van der Waals surface area contributed by atoms with E-state index >= 15 is 0 Å². The number of benzene rings is 2. The van der Waals surface area contributed by atoms with Crippen molar-refractivity contribution in [2.24, 2.45) is 17.1 Å². The molecule has 6 nitrogen and oxygen atoms in total. The third-order valence-electron chi connectivity index (χ3n) is 6.74. The zero-order valence-corrected chi connectivity index (χ0v) is 23.1. The maximum Gasteiger partial charge on any atom is 0.297 e. The Morgan fingerprint density at radius 3 is 2.31 bits per heavy atom. The summed E-state index contributed by atoms with van der Waals surface area (Å²) in [5, 5.41) is 7.24. The second-order valence-electron chi connectivity index (χ2n) is 9.15. The van der Waals surface area contributed by atoms with E-state index in [1.165, 1.54) is 49.2 Å². The highest BCUT2D eigenvalue weighted by Gasteiger charge is 2.18. The summed E-state index contributed by atoms with van der Waals surface area (Å²) in [6.07, 6.45) is 8.15. The minimum Gasteiger partial charge on any atom is -0.283 e. The van der Waals surface area contributed by atoms with Gasteiger partial charge in [0.25, 0.3) is 5.56 Å². The number of thiazole rings is 1. The van der Waals surface area contributed by atoms with E-state index in [0.29, 0.717) is 10.5 Å². The van der Waals surface area contributed by atoms with E-state index in [1.807, 2.05) is 71.9 Å². The van der Waals surface area contributed by atoms with Crippen LogP contribution in [0.1, 0.15) is 50.6 Å². The van der Waals surface area contributed by atoms with Crippen molar-refractivity contribution in [1.29, 1.82) is 0 Å². The topological polar surface area (TPSA) is 56.6 Å². The highest BCUT2D eigenvalue weighted by atomic mass is 79.9. The Kier molecular flexibility index (Phi) is 7.53. The number of nitrogens with zero attached hydrogens (tertiary/aromatic N) is 5. The maximum atomic E-state index is 13.5. The average molecular weight is 565 g/mol. The van der Waals surface area contributed by atoms with Crippen molar-refractivity contribution in [1.82, 2.24) is 14.0 Å². The normalized spacial score (nSPS) is 15.1. The Hall–Kier alpha value is -2.97. The number of rotatable bonds is 4. The molecule has 0 saturated heterocycles. The van der Waals surface area contributed by atoms with Crippen LogP contribution >= 0.6 is 27.3 Å². The molecule has 186 valence electrons. The summed E-state index contributed by atoms with van der Waals surface area (Å²) in [5.41, 5.74) is 5.15. The van der Waals surface area contributed by atoms with Gasteiger partial charge in [-0.3, -0.25) is 9.48 Å². The quantitative estimate of drug-likeness (QED) is 0.265. The number of halogens is 1. The van der Waals surface area contributed by atoms with Crippen molar-refractivity contribution in [3.8, 4) is 16.9 Å². The van der Waals surface area contributed by atoms with E-state index < -0.39 is 0 Å². The SMILES string of the molecule is Cc1c(N=c2scc(-c3ccccc3Br)n2N=C2CCCCCCC2)c(=O)n(-c2ccccc2)n1C. The molecule has 1 fully saturated rings. The molecule has 0 aliphatic heterocycles. The van der Waals surface area contributed by atoms with Gasteiger partial charge in [-0.25, -0.2) is 14.4 Å². The van der Waals surface area contributed by atoms with Gasteiger partial charge in [0.2, 0.25) is 4.80 Å². The first-order valence-corrected chi connectivity index (χ1v) is 14.1. The van der Waals surface area contributed by atoms with E-state index in [2.05, 4.69) is 27.4 Å². The molecule has 5 rings (SSSR count). The van der Waals surface area contributed by atoms with Crippen LogP contribution in [0.4, 0.5) is 5.69 Å². The summed E-state index contributed by atoms with van der Waals surface area (Å²) < 4.78 is 6.48. The van der Waals surface area contributed by atoms with Crippen molar-refractivity contribution < 1.29 is 0 Å². The van der Waals surface area contributed by atoms with Crippen molar-refractivity contribution in [3.05, 3.63) is 85.3 Å². The first-order chi connectivity index (χ1) is 17.5. The average Bonchev–Trinajstić information content (AvgIpc) is 3.35. The largest absolute Gasteiger partial charge is 0.297 e. The van der Waals surface area contributed by atoms with Crippen LogP contribution in [-0.4, -0.2) is 19.8 Å². The van der Waals surface area contributed by atoms with E-state index in [4.69, 9.17) is 10.1 Å². The maximum absolute atomic E-state index is 13.5. The Morgan fingerprint density at radius 1 is 0.917 bits per heavy atom.